The molecule has 3 nitrogen and oxygen atoms in total. The van der Waals surface area contributed by atoms with Crippen LogP contribution in [0.2, 0.25) is 0 Å². The van der Waals surface area contributed by atoms with Gasteiger partial charge in [-0.2, -0.15) is 0 Å². The number of nitrogens with one attached hydrogen (secondary N) is 2. The number of nitrogens with two attached hydrogens (primary N) is 1. The van der Waals surface area contributed by atoms with Gasteiger partial charge in [-0.25, -0.2) is 0 Å². The minimum atomic E-state index is 0.737. The number of hydrogen-bond acceptors (Lipinski definition) is 3. The molecule has 0 aliphatic heterocycles. The first-order valence-electron chi connectivity index (χ1n) is 2.57. The van der Waals surface area contributed by atoms with Crippen LogP contribution in [-0.2, 0) is 0 Å². The maximum Gasteiger partial charge on any atom is 0.0380 e. The summed E-state index contributed by atoms with van der Waals surface area (Å²) in [4.78, 5) is 0. The third-order valence-corrected chi connectivity index (χ3v) is 0.711. The standard InChI is InChI=1S/C5H13N3/c1-7-3-5(6)4-8-2/h3,7-8H,4,6H2,1-2H3/b5-3+. The molecule has 0 aromatic carbocycles. The van der Waals surface area contributed by atoms with Crippen LogP contribution in [0.1, 0.15) is 0 Å². The van der Waals surface area contributed by atoms with E-state index in [0.29, 0.717) is 0 Å². The summed E-state index contributed by atoms with van der Waals surface area (Å²) in [6.07, 6.45) is 1.76. The van der Waals surface area contributed by atoms with E-state index in [1.807, 2.05) is 14.1 Å². The molecule has 0 bridgehead atoms. The Morgan fingerprint density at radius 1 is 1.62 bits per heavy atom. The summed E-state index contributed by atoms with van der Waals surface area (Å²) in [5, 5.41) is 5.74. The third kappa shape index (κ3) is 3.49. The smallest absolute Gasteiger partial charge is 0.0380 e. The summed E-state index contributed by atoms with van der Waals surface area (Å²) < 4.78 is 0. The van der Waals surface area contributed by atoms with Crippen LogP contribution in [0.4, 0.5) is 0 Å². The Labute approximate surface area is 49.9 Å². The van der Waals surface area contributed by atoms with Gasteiger partial charge in [-0.15, -0.1) is 0 Å². The number of likely N-dealkylation sites (N-methyl/N-ethyl adjacent to an activating group) is 1. The average Bonchev–Trinajstić information content (AvgIpc) is 1.68. The van der Waals surface area contributed by atoms with Crippen molar-refractivity contribution in [3.05, 3.63) is 11.9 Å². The molecule has 0 aliphatic carbocycles. The quantitative estimate of drug-likeness (QED) is 0.452. The molecule has 0 rings (SSSR count). The molecule has 0 heterocycles. The van der Waals surface area contributed by atoms with Crippen molar-refractivity contribution in [1.29, 1.82) is 0 Å². The summed E-state index contributed by atoms with van der Waals surface area (Å²) in [6.45, 7) is 0.737. The topological polar surface area (TPSA) is 50.1 Å². The molecule has 0 amide bonds. The van der Waals surface area contributed by atoms with Crippen LogP contribution in [0.15, 0.2) is 11.9 Å². The fourth-order valence-electron chi connectivity index (χ4n) is 0.441. The Morgan fingerprint density at radius 2 is 2.25 bits per heavy atom. The second kappa shape index (κ2) is 4.46. The lowest BCUT2D eigenvalue weighted by Gasteiger charge is -1.97. The summed E-state index contributed by atoms with van der Waals surface area (Å²) in [5.74, 6) is 0. The van der Waals surface area contributed by atoms with Crippen molar-refractivity contribution in [1.82, 2.24) is 10.6 Å². The zero-order valence-electron chi connectivity index (χ0n) is 5.36. The summed E-state index contributed by atoms with van der Waals surface area (Å²) >= 11 is 0. The molecule has 4 N–H and O–H groups in total. The van der Waals surface area contributed by atoms with Crippen LogP contribution in [0.3, 0.4) is 0 Å². The molecule has 0 spiro atoms. The molecular weight excluding hydrogens is 102 g/mol. The van der Waals surface area contributed by atoms with Crippen molar-refractivity contribution < 1.29 is 0 Å². The van der Waals surface area contributed by atoms with Crippen LogP contribution in [0.25, 0.3) is 0 Å². The molecule has 0 unspecified atom stereocenters. The van der Waals surface area contributed by atoms with E-state index in [1.165, 1.54) is 0 Å². The molecule has 0 saturated heterocycles. The van der Waals surface area contributed by atoms with E-state index in [9.17, 15) is 0 Å². The maximum atomic E-state index is 5.43. The molecule has 0 fully saturated rings. The van der Waals surface area contributed by atoms with Crippen molar-refractivity contribution in [2.75, 3.05) is 20.6 Å². The Morgan fingerprint density at radius 3 is 2.62 bits per heavy atom. The highest BCUT2D eigenvalue weighted by atomic mass is 14.9. The molecule has 0 saturated carbocycles. The fraction of sp³-hybridized carbons (Fsp3) is 0.600. The second-order valence-corrected chi connectivity index (χ2v) is 1.54. The van der Waals surface area contributed by atoms with Crippen LogP contribution in [0, 0.1) is 0 Å². The van der Waals surface area contributed by atoms with Crippen LogP contribution < -0.4 is 16.4 Å². The minimum Gasteiger partial charge on any atom is -0.400 e. The van der Waals surface area contributed by atoms with E-state index in [1.54, 1.807) is 6.20 Å². The molecule has 0 aromatic heterocycles. The largest absolute Gasteiger partial charge is 0.400 e. The van der Waals surface area contributed by atoms with Gasteiger partial charge in [-0.1, -0.05) is 0 Å². The van der Waals surface area contributed by atoms with Crippen LogP contribution in [-0.4, -0.2) is 20.6 Å². The maximum absolute atomic E-state index is 5.43. The summed E-state index contributed by atoms with van der Waals surface area (Å²) in [7, 11) is 3.68. The van der Waals surface area contributed by atoms with E-state index in [-0.39, 0.29) is 0 Å². The van der Waals surface area contributed by atoms with E-state index < -0.39 is 0 Å². The van der Waals surface area contributed by atoms with Gasteiger partial charge in [0.1, 0.15) is 0 Å². The zero-order chi connectivity index (χ0) is 6.41. The predicted octanol–water partition coefficient (Wildman–Crippen LogP) is -0.775. The zero-order valence-corrected chi connectivity index (χ0v) is 5.36. The van der Waals surface area contributed by atoms with Gasteiger partial charge in [-0.3, -0.25) is 0 Å². The fourth-order valence-corrected chi connectivity index (χ4v) is 0.441. The van der Waals surface area contributed by atoms with Gasteiger partial charge in [0.25, 0.3) is 0 Å². The SMILES string of the molecule is CN/C=C(/N)CNC. The first-order chi connectivity index (χ1) is 3.81. The number of hydrogen-bond donors (Lipinski definition) is 3. The molecule has 8 heavy (non-hydrogen) atoms. The first kappa shape index (κ1) is 7.30. The normalized spacial score (nSPS) is 11.5. The predicted molar refractivity (Wildman–Crippen MR) is 35.3 cm³/mol. The van der Waals surface area contributed by atoms with Crippen molar-refractivity contribution in [2.24, 2.45) is 5.73 Å². The van der Waals surface area contributed by atoms with Gasteiger partial charge < -0.3 is 16.4 Å². The monoisotopic (exact) mass is 115 g/mol. The van der Waals surface area contributed by atoms with Crippen molar-refractivity contribution >= 4 is 0 Å². The van der Waals surface area contributed by atoms with Gasteiger partial charge >= 0.3 is 0 Å². The molecule has 0 radical (unpaired) electrons. The Hall–Kier alpha value is -0.700. The van der Waals surface area contributed by atoms with Crippen molar-refractivity contribution in [3.8, 4) is 0 Å². The molecular formula is C5H13N3. The second-order valence-electron chi connectivity index (χ2n) is 1.54. The van der Waals surface area contributed by atoms with Gasteiger partial charge in [-0.05, 0) is 7.05 Å². The lowest BCUT2D eigenvalue weighted by atomic mass is 10.5. The van der Waals surface area contributed by atoms with Gasteiger partial charge in [0.15, 0.2) is 0 Å². The highest BCUT2D eigenvalue weighted by Crippen LogP contribution is 1.72. The summed E-state index contributed by atoms with van der Waals surface area (Å²) in [5.41, 5.74) is 6.25. The van der Waals surface area contributed by atoms with Crippen LogP contribution >= 0.6 is 0 Å². The van der Waals surface area contributed by atoms with Crippen molar-refractivity contribution in [2.45, 2.75) is 0 Å². The minimum absolute atomic E-state index is 0.737. The van der Waals surface area contributed by atoms with Crippen molar-refractivity contribution in [3.63, 3.8) is 0 Å². The lowest BCUT2D eigenvalue weighted by molar-refractivity contribution is 0.857. The molecule has 0 atom stereocenters. The van der Waals surface area contributed by atoms with E-state index in [4.69, 9.17) is 5.73 Å². The number of rotatable bonds is 3. The Bertz CT molecular complexity index is 77.7. The van der Waals surface area contributed by atoms with E-state index in [0.717, 1.165) is 12.2 Å². The highest BCUT2D eigenvalue weighted by Gasteiger charge is 1.81. The first-order valence-corrected chi connectivity index (χ1v) is 2.57. The van der Waals surface area contributed by atoms with E-state index in [2.05, 4.69) is 10.6 Å². The van der Waals surface area contributed by atoms with E-state index >= 15 is 0 Å². The average molecular weight is 115 g/mol. The molecule has 0 aromatic rings. The Balaban J connectivity index is 3.29. The van der Waals surface area contributed by atoms with Gasteiger partial charge in [0.05, 0.1) is 0 Å². The molecule has 48 valence electrons. The van der Waals surface area contributed by atoms with Crippen LogP contribution in [0.5, 0.6) is 0 Å². The van der Waals surface area contributed by atoms with Gasteiger partial charge in [0, 0.05) is 25.5 Å². The Kier molecular flexibility index (Phi) is 4.07. The molecule has 0 aliphatic rings. The summed E-state index contributed by atoms with van der Waals surface area (Å²) in [6, 6.07) is 0. The third-order valence-electron chi connectivity index (χ3n) is 0.711. The molecule has 3 heteroatoms. The highest BCUT2D eigenvalue weighted by molar-refractivity contribution is 4.95. The lowest BCUT2D eigenvalue weighted by Crippen LogP contribution is -2.17. The van der Waals surface area contributed by atoms with Gasteiger partial charge in [0.2, 0.25) is 0 Å².